The smallest absolute Gasteiger partial charge is 0.197 e. The minimum Gasteiger partial charge on any atom is -0.398 e. The molecule has 0 heterocycles. The van der Waals surface area contributed by atoms with E-state index in [0.717, 1.165) is 12.1 Å². The van der Waals surface area contributed by atoms with Crippen LogP contribution >= 0.6 is 15.9 Å². The molecule has 2 nitrogen and oxygen atoms in total. The third kappa shape index (κ3) is 2.26. The molecule has 0 fully saturated rings. The zero-order valence-corrected chi connectivity index (χ0v) is 10.7. The second-order valence-electron chi connectivity index (χ2n) is 3.66. The van der Waals surface area contributed by atoms with E-state index in [9.17, 15) is 13.6 Å². The number of hydrogen-bond acceptors (Lipinski definition) is 2. The van der Waals surface area contributed by atoms with Gasteiger partial charge in [0.25, 0.3) is 0 Å². The SMILES string of the molecule is Nc1cccc(C(=O)c2ccc(F)cc2F)c1Br. The molecule has 0 aliphatic carbocycles. The third-order valence-electron chi connectivity index (χ3n) is 2.45. The second kappa shape index (κ2) is 4.86. The van der Waals surface area contributed by atoms with Crippen LogP contribution in [0.1, 0.15) is 15.9 Å². The van der Waals surface area contributed by atoms with Crippen molar-refractivity contribution in [3.8, 4) is 0 Å². The number of nitrogen functional groups attached to an aromatic ring is 1. The van der Waals surface area contributed by atoms with Gasteiger partial charge < -0.3 is 5.73 Å². The van der Waals surface area contributed by atoms with E-state index in [1.807, 2.05) is 0 Å². The number of ketones is 1. The van der Waals surface area contributed by atoms with Crippen LogP contribution in [0.5, 0.6) is 0 Å². The molecule has 0 bridgehead atoms. The van der Waals surface area contributed by atoms with E-state index in [1.54, 1.807) is 12.1 Å². The first kappa shape index (κ1) is 12.7. The Morgan fingerprint density at radius 2 is 1.83 bits per heavy atom. The zero-order chi connectivity index (χ0) is 13.3. The number of rotatable bonds is 2. The molecule has 0 saturated heterocycles. The van der Waals surface area contributed by atoms with E-state index in [1.165, 1.54) is 6.07 Å². The molecule has 5 heteroatoms. The average Bonchev–Trinajstić information content (AvgIpc) is 2.32. The van der Waals surface area contributed by atoms with Crippen molar-refractivity contribution in [1.82, 2.24) is 0 Å². The molecule has 0 amide bonds. The highest BCUT2D eigenvalue weighted by atomic mass is 79.9. The highest BCUT2D eigenvalue weighted by molar-refractivity contribution is 9.10. The number of nitrogens with two attached hydrogens (primary N) is 1. The summed E-state index contributed by atoms with van der Waals surface area (Å²) in [5.74, 6) is -2.17. The molecule has 92 valence electrons. The lowest BCUT2D eigenvalue weighted by molar-refractivity contribution is 0.103. The van der Waals surface area contributed by atoms with E-state index in [-0.39, 0.29) is 11.1 Å². The summed E-state index contributed by atoms with van der Waals surface area (Å²) in [6, 6.07) is 7.55. The van der Waals surface area contributed by atoms with Crippen molar-refractivity contribution in [2.45, 2.75) is 0 Å². The van der Waals surface area contributed by atoms with Crippen molar-refractivity contribution in [2.24, 2.45) is 0 Å². The predicted molar refractivity (Wildman–Crippen MR) is 68.3 cm³/mol. The molecule has 2 aromatic carbocycles. The van der Waals surface area contributed by atoms with Gasteiger partial charge in [0.15, 0.2) is 5.78 Å². The molecular weight excluding hydrogens is 304 g/mol. The number of carbonyl (C=O) groups excluding carboxylic acids is 1. The molecular formula is C13H8BrF2NO. The van der Waals surface area contributed by atoms with Gasteiger partial charge in [0.2, 0.25) is 0 Å². The summed E-state index contributed by atoms with van der Waals surface area (Å²) in [5.41, 5.74) is 6.07. The minimum atomic E-state index is -0.894. The van der Waals surface area contributed by atoms with E-state index in [0.29, 0.717) is 16.2 Å². The summed E-state index contributed by atoms with van der Waals surface area (Å²) < 4.78 is 26.7. The lowest BCUT2D eigenvalue weighted by atomic mass is 10.0. The first-order valence-corrected chi connectivity index (χ1v) is 5.83. The normalized spacial score (nSPS) is 10.4. The molecule has 0 aliphatic rings. The fourth-order valence-corrected chi connectivity index (χ4v) is 1.99. The fraction of sp³-hybridized carbons (Fsp3) is 0. The lowest BCUT2D eigenvalue weighted by Gasteiger charge is -2.07. The Labute approximate surface area is 111 Å². The van der Waals surface area contributed by atoms with E-state index in [2.05, 4.69) is 15.9 Å². The molecule has 0 aromatic heterocycles. The first-order valence-electron chi connectivity index (χ1n) is 5.04. The molecule has 0 spiro atoms. The van der Waals surface area contributed by atoms with Crippen LogP contribution in [0, 0.1) is 11.6 Å². The predicted octanol–water partition coefficient (Wildman–Crippen LogP) is 3.54. The molecule has 2 N–H and O–H groups in total. The molecule has 2 rings (SSSR count). The van der Waals surface area contributed by atoms with Crippen LogP contribution in [-0.4, -0.2) is 5.78 Å². The molecule has 2 aromatic rings. The number of anilines is 1. The van der Waals surface area contributed by atoms with E-state index >= 15 is 0 Å². The van der Waals surface area contributed by atoms with Crippen LogP contribution in [-0.2, 0) is 0 Å². The zero-order valence-electron chi connectivity index (χ0n) is 9.08. The maximum absolute atomic E-state index is 13.5. The number of halogens is 3. The molecule has 18 heavy (non-hydrogen) atoms. The van der Waals surface area contributed by atoms with Gasteiger partial charge in [-0.1, -0.05) is 6.07 Å². The number of carbonyl (C=O) groups is 1. The van der Waals surface area contributed by atoms with Crippen LogP contribution in [0.4, 0.5) is 14.5 Å². The third-order valence-corrected chi connectivity index (χ3v) is 3.33. The topological polar surface area (TPSA) is 43.1 Å². The Bertz CT molecular complexity index is 628. The largest absolute Gasteiger partial charge is 0.398 e. The molecule has 0 unspecified atom stereocenters. The van der Waals surface area contributed by atoms with Gasteiger partial charge >= 0.3 is 0 Å². The molecule has 0 atom stereocenters. The van der Waals surface area contributed by atoms with Gasteiger partial charge in [-0.2, -0.15) is 0 Å². The Kier molecular flexibility index (Phi) is 3.43. The van der Waals surface area contributed by atoms with Gasteiger partial charge in [0, 0.05) is 17.3 Å². The summed E-state index contributed by atoms with van der Waals surface area (Å²) >= 11 is 3.17. The Morgan fingerprint density at radius 3 is 2.50 bits per heavy atom. The van der Waals surface area contributed by atoms with Gasteiger partial charge in [-0.05, 0) is 40.2 Å². The fourth-order valence-electron chi connectivity index (χ4n) is 1.54. The minimum absolute atomic E-state index is 0.192. The molecule has 0 saturated carbocycles. The van der Waals surface area contributed by atoms with Gasteiger partial charge in [-0.25, -0.2) is 8.78 Å². The average molecular weight is 312 g/mol. The number of hydrogen-bond donors (Lipinski definition) is 1. The van der Waals surface area contributed by atoms with E-state index < -0.39 is 17.4 Å². The summed E-state index contributed by atoms with van der Waals surface area (Å²) in [6.07, 6.45) is 0. The summed E-state index contributed by atoms with van der Waals surface area (Å²) in [5, 5.41) is 0. The van der Waals surface area contributed by atoms with Crippen LogP contribution in [0.25, 0.3) is 0 Å². The molecule has 0 aliphatic heterocycles. The van der Waals surface area contributed by atoms with Gasteiger partial charge in [-0.3, -0.25) is 4.79 Å². The van der Waals surface area contributed by atoms with Crippen molar-refractivity contribution < 1.29 is 13.6 Å². The monoisotopic (exact) mass is 311 g/mol. The number of benzene rings is 2. The highest BCUT2D eigenvalue weighted by Crippen LogP contribution is 2.26. The lowest BCUT2D eigenvalue weighted by Crippen LogP contribution is -2.06. The molecule has 0 radical (unpaired) electrons. The Balaban J connectivity index is 2.51. The second-order valence-corrected chi connectivity index (χ2v) is 4.46. The standard InChI is InChI=1S/C13H8BrF2NO/c14-12-9(2-1-3-11(12)17)13(18)8-5-4-7(15)6-10(8)16/h1-6H,17H2. The van der Waals surface area contributed by atoms with Gasteiger partial charge in [0.1, 0.15) is 11.6 Å². The van der Waals surface area contributed by atoms with Crippen molar-refractivity contribution in [3.05, 3.63) is 63.6 Å². The van der Waals surface area contributed by atoms with Crippen molar-refractivity contribution in [2.75, 3.05) is 5.73 Å². The van der Waals surface area contributed by atoms with Crippen molar-refractivity contribution >= 4 is 27.4 Å². The van der Waals surface area contributed by atoms with Crippen LogP contribution in [0.15, 0.2) is 40.9 Å². The van der Waals surface area contributed by atoms with Crippen LogP contribution in [0.3, 0.4) is 0 Å². The highest BCUT2D eigenvalue weighted by Gasteiger charge is 2.17. The van der Waals surface area contributed by atoms with Gasteiger partial charge in [-0.15, -0.1) is 0 Å². The Morgan fingerprint density at radius 1 is 1.11 bits per heavy atom. The van der Waals surface area contributed by atoms with Crippen LogP contribution < -0.4 is 5.73 Å². The summed E-state index contributed by atoms with van der Waals surface area (Å²) in [4.78, 5) is 12.1. The first-order chi connectivity index (χ1) is 8.50. The van der Waals surface area contributed by atoms with Gasteiger partial charge in [0.05, 0.1) is 10.0 Å². The van der Waals surface area contributed by atoms with Crippen molar-refractivity contribution in [1.29, 1.82) is 0 Å². The maximum atomic E-state index is 13.5. The summed E-state index contributed by atoms with van der Waals surface area (Å²) in [7, 11) is 0. The van der Waals surface area contributed by atoms with Crippen LogP contribution in [0.2, 0.25) is 0 Å². The Hall–Kier alpha value is -1.75. The quantitative estimate of drug-likeness (QED) is 0.681. The van der Waals surface area contributed by atoms with E-state index in [4.69, 9.17) is 5.73 Å². The maximum Gasteiger partial charge on any atom is 0.197 e. The van der Waals surface area contributed by atoms with Crippen molar-refractivity contribution in [3.63, 3.8) is 0 Å². The summed E-state index contributed by atoms with van der Waals surface area (Å²) in [6.45, 7) is 0.